The van der Waals surface area contributed by atoms with Crippen LogP contribution in [0.2, 0.25) is 5.02 Å². The second-order valence-corrected chi connectivity index (χ2v) is 4.86. The summed E-state index contributed by atoms with van der Waals surface area (Å²) in [6.07, 6.45) is 5.81. The van der Waals surface area contributed by atoms with Gasteiger partial charge in [-0.3, -0.25) is 0 Å². The van der Waals surface area contributed by atoms with Gasteiger partial charge in [-0.2, -0.15) is 0 Å². The molecule has 3 heteroatoms. The van der Waals surface area contributed by atoms with E-state index in [9.17, 15) is 0 Å². The molecule has 1 saturated carbocycles. The van der Waals surface area contributed by atoms with Crippen molar-refractivity contribution in [3.8, 4) is 0 Å². The Kier molecular flexibility index (Phi) is 2.89. The number of anilines is 1. The van der Waals surface area contributed by atoms with Crippen LogP contribution < -0.4 is 11.5 Å². The third-order valence-electron chi connectivity index (χ3n) is 3.32. The average Bonchev–Trinajstić information content (AvgIpc) is 2.23. The summed E-state index contributed by atoms with van der Waals surface area (Å²) < 4.78 is 0. The summed E-state index contributed by atoms with van der Waals surface area (Å²) in [6.45, 7) is 0. The minimum absolute atomic E-state index is 0.184. The van der Waals surface area contributed by atoms with E-state index in [1.165, 1.54) is 19.3 Å². The molecular weight excluding hydrogens is 208 g/mol. The second-order valence-electron chi connectivity index (χ2n) is 4.45. The fraction of sp³-hybridized carbons (Fsp3) is 0.500. The minimum atomic E-state index is -0.184. The zero-order chi connectivity index (χ0) is 10.9. The van der Waals surface area contributed by atoms with Crippen molar-refractivity contribution in [1.29, 1.82) is 0 Å². The first-order valence-electron chi connectivity index (χ1n) is 5.46. The lowest BCUT2D eigenvalue weighted by Crippen LogP contribution is -2.38. The number of benzene rings is 1. The number of nitrogen functional groups attached to an aromatic ring is 1. The maximum atomic E-state index is 6.40. The highest BCUT2D eigenvalue weighted by Gasteiger charge is 2.29. The molecule has 0 atom stereocenters. The zero-order valence-corrected chi connectivity index (χ0v) is 9.56. The molecular formula is C12H17ClN2. The average molecular weight is 225 g/mol. The molecule has 0 saturated heterocycles. The quantitative estimate of drug-likeness (QED) is 0.721. The summed E-state index contributed by atoms with van der Waals surface area (Å²) in [5.74, 6) is 0. The van der Waals surface area contributed by atoms with Gasteiger partial charge in [0.1, 0.15) is 0 Å². The molecule has 0 spiro atoms. The fourth-order valence-electron chi connectivity index (χ4n) is 2.32. The molecule has 0 bridgehead atoms. The molecule has 1 aliphatic rings. The van der Waals surface area contributed by atoms with Gasteiger partial charge in [0.25, 0.3) is 0 Å². The van der Waals surface area contributed by atoms with Gasteiger partial charge in [0.05, 0.1) is 10.7 Å². The summed E-state index contributed by atoms with van der Waals surface area (Å²) in [5.41, 5.74) is 13.8. The maximum Gasteiger partial charge on any atom is 0.0635 e. The summed E-state index contributed by atoms with van der Waals surface area (Å²) in [6, 6.07) is 5.77. The third kappa shape index (κ3) is 2.11. The predicted octanol–water partition coefficient (Wildman–Crippen LogP) is 3.04. The van der Waals surface area contributed by atoms with Crippen molar-refractivity contribution in [2.24, 2.45) is 5.73 Å². The van der Waals surface area contributed by atoms with Crippen molar-refractivity contribution in [3.63, 3.8) is 0 Å². The van der Waals surface area contributed by atoms with Crippen LogP contribution in [0.4, 0.5) is 5.69 Å². The van der Waals surface area contributed by atoms with Crippen molar-refractivity contribution in [2.75, 3.05) is 5.73 Å². The van der Waals surface area contributed by atoms with Crippen LogP contribution >= 0.6 is 11.6 Å². The first-order valence-corrected chi connectivity index (χ1v) is 5.84. The highest BCUT2D eigenvalue weighted by Crippen LogP contribution is 2.36. The lowest BCUT2D eigenvalue weighted by molar-refractivity contribution is 0.302. The SMILES string of the molecule is Nc1cc(C2(N)CCCCC2)ccc1Cl. The van der Waals surface area contributed by atoms with E-state index in [4.69, 9.17) is 23.1 Å². The smallest absolute Gasteiger partial charge is 0.0635 e. The second kappa shape index (κ2) is 4.03. The summed E-state index contributed by atoms with van der Waals surface area (Å²) >= 11 is 5.90. The first-order chi connectivity index (χ1) is 7.12. The minimum Gasteiger partial charge on any atom is -0.398 e. The van der Waals surface area contributed by atoms with Crippen LogP contribution in [-0.4, -0.2) is 0 Å². The summed E-state index contributed by atoms with van der Waals surface area (Å²) in [7, 11) is 0. The van der Waals surface area contributed by atoms with E-state index < -0.39 is 0 Å². The highest BCUT2D eigenvalue weighted by molar-refractivity contribution is 6.33. The Bertz CT molecular complexity index is 357. The van der Waals surface area contributed by atoms with Crippen molar-refractivity contribution in [3.05, 3.63) is 28.8 Å². The molecule has 0 aromatic heterocycles. The van der Waals surface area contributed by atoms with Gasteiger partial charge < -0.3 is 11.5 Å². The molecule has 1 fully saturated rings. The highest BCUT2D eigenvalue weighted by atomic mass is 35.5. The molecule has 1 aromatic carbocycles. The normalized spacial score (nSPS) is 20.1. The number of halogens is 1. The molecule has 82 valence electrons. The standard InChI is InChI=1S/C12H17ClN2/c13-10-5-4-9(8-11(10)14)12(15)6-2-1-3-7-12/h4-5,8H,1-3,6-7,14-15H2. The Morgan fingerprint density at radius 2 is 1.80 bits per heavy atom. The molecule has 0 aliphatic heterocycles. The van der Waals surface area contributed by atoms with E-state index >= 15 is 0 Å². The van der Waals surface area contributed by atoms with E-state index in [1.807, 2.05) is 18.2 Å². The van der Waals surface area contributed by atoms with Crippen LogP contribution in [0.15, 0.2) is 18.2 Å². The lowest BCUT2D eigenvalue weighted by Gasteiger charge is -2.34. The van der Waals surface area contributed by atoms with E-state index in [-0.39, 0.29) is 5.54 Å². The van der Waals surface area contributed by atoms with Crippen molar-refractivity contribution < 1.29 is 0 Å². The topological polar surface area (TPSA) is 52.0 Å². The van der Waals surface area contributed by atoms with Gasteiger partial charge in [0.15, 0.2) is 0 Å². The van der Waals surface area contributed by atoms with E-state index in [1.54, 1.807) is 0 Å². The molecule has 0 heterocycles. The van der Waals surface area contributed by atoms with E-state index in [0.29, 0.717) is 10.7 Å². The predicted molar refractivity (Wildman–Crippen MR) is 64.8 cm³/mol. The van der Waals surface area contributed by atoms with Gasteiger partial charge in [-0.25, -0.2) is 0 Å². The number of hydrogen-bond donors (Lipinski definition) is 2. The largest absolute Gasteiger partial charge is 0.398 e. The van der Waals surface area contributed by atoms with Crippen LogP contribution in [0.5, 0.6) is 0 Å². The molecule has 1 aliphatic carbocycles. The maximum absolute atomic E-state index is 6.40. The molecule has 0 amide bonds. The monoisotopic (exact) mass is 224 g/mol. The Balaban J connectivity index is 2.31. The number of hydrogen-bond acceptors (Lipinski definition) is 2. The van der Waals surface area contributed by atoms with Gasteiger partial charge >= 0.3 is 0 Å². The summed E-state index contributed by atoms with van der Waals surface area (Å²) in [4.78, 5) is 0. The Morgan fingerprint density at radius 3 is 2.40 bits per heavy atom. The molecule has 0 radical (unpaired) electrons. The molecule has 2 rings (SSSR count). The van der Waals surface area contributed by atoms with Crippen LogP contribution in [-0.2, 0) is 5.54 Å². The number of nitrogens with two attached hydrogens (primary N) is 2. The van der Waals surface area contributed by atoms with Crippen LogP contribution in [0.25, 0.3) is 0 Å². The van der Waals surface area contributed by atoms with Gasteiger partial charge in [-0.05, 0) is 30.5 Å². The van der Waals surface area contributed by atoms with Crippen LogP contribution in [0.1, 0.15) is 37.7 Å². The van der Waals surface area contributed by atoms with Gasteiger partial charge in [0, 0.05) is 5.54 Å². The van der Waals surface area contributed by atoms with Crippen molar-refractivity contribution in [2.45, 2.75) is 37.6 Å². The zero-order valence-electron chi connectivity index (χ0n) is 8.80. The van der Waals surface area contributed by atoms with E-state index in [2.05, 4.69) is 0 Å². The lowest BCUT2D eigenvalue weighted by atomic mass is 9.77. The van der Waals surface area contributed by atoms with Gasteiger partial charge in [-0.15, -0.1) is 0 Å². The molecule has 2 nitrogen and oxygen atoms in total. The van der Waals surface area contributed by atoms with Crippen LogP contribution in [0.3, 0.4) is 0 Å². The first kappa shape index (κ1) is 10.8. The Labute approximate surface area is 95.6 Å². The van der Waals surface area contributed by atoms with Crippen LogP contribution in [0, 0.1) is 0 Å². The molecule has 4 N–H and O–H groups in total. The molecule has 15 heavy (non-hydrogen) atoms. The molecule has 1 aromatic rings. The Morgan fingerprint density at radius 1 is 1.13 bits per heavy atom. The van der Waals surface area contributed by atoms with E-state index in [0.717, 1.165) is 18.4 Å². The number of rotatable bonds is 1. The Hall–Kier alpha value is -0.730. The van der Waals surface area contributed by atoms with Crippen molar-refractivity contribution in [1.82, 2.24) is 0 Å². The third-order valence-corrected chi connectivity index (χ3v) is 3.66. The van der Waals surface area contributed by atoms with Gasteiger partial charge in [0.2, 0.25) is 0 Å². The van der Waals surface area contributed by atoms with Gasteiger partial charge in [-0.1, -0.05) is 36.9 Å². The fourth-order valence-corrected chi connectivity index (χ4v) is 2.44. The van der Waals surface area contributed by atoms with Crippen molar-refractivity contribution >= 4 is 17.3 Å². The molecule has 0 unspecified atom stereocenters. The summed E-state index contributed by atoms with van der Waals surface area (Å²) in [5, 5.41) is 0.609.